The summed E-state index contributed by atoms with van der Waals surface area (Å²) in [4.78, 5) is 23.3. The maximum Gasteiger partial charge on any atom is 0.411 e. The number of rotatable bonds is 7. The molecule has 1 saturated heterocycles. The van der Waals surface area contributed by atoms with Gasteiger partial charge in [-0.1, -0.05) is 36.4 Å². The molecule has 1 N–H and O–H groups in total. The van der Waals surface area contributed by atoms with Gasteiger partial charge in [-0.05, 0) is 49.1 Å². The highest BCUT2D eigenvalue weighted by atomic mass is 19.1. The molecule has 4 rings (SSSR count). The summed E-state index contributed by atoms with van der Waals surface area (Å²) in [7, 11) is 0. The van der Waals surface area contributed by atoms with Crippen molar-refractivity contribution < 1.29 is 19.0 Å². The van der Waals surface area contributed by atoms with Crippen molar-refractivity contribution in [2.45, 2.75) is 37.8 Å². The van der Waals surface area contributed by atoms with Gasteiger partial charge in [-0.3, -0.25) is 0 Å². The van der Waals surface area contributed by atoms with Gasteiger partial charge in [-0.25, -0.2) is 19.2 Å². The Morgan fingerprint density at radius 2 is 1.81 bits per heavy atom. The molecular weight excluding hydrogens is 409 g/mol. The van der Waals surface area contributed by atoms with E-state index in [9.17, 15) is 14.3 Å². The van der Waals surface area contributed by atoms with Gasteiger partial charge in [-0.15, -0.1) is 0 Å². The lowest BCUT2D eigenvalue weighted by Crippen LogP contribution is -2.48. The number of benzene rings is 2. The van der Waals surface area contributed by atoms with E-state index in [1.165, 1.54) is 12.1 Å². The monoisotopic (exact) mass is 435 g/mol. The highest BCUT2D eigenvalue weighted by molar-refractivity contribution is 5.70. The predicted octanol–water partition coefficient (Wildman–Crippen LogP) is 4.85. The molecule has 1 aromatic heterocycles. The Hall–Kier alpha value is -3.32. The largest absolute Gasteiger partial charge is 0.438 e. The maximum atomic E-state index is 13.4. The molecule has 6 nitrogen and oxygen atoms in total. The van der Waals surface area contributed by atoms with Gasteiger partial charge in [0, 0.05) is 37.5 Å². The number of aliphatic hydroxyl groups is 1. The van der Waals surface area contributed by atoms with Crippen LogP contribution in [0.4, 0.5) is 9.18 Å². The van der Waals surface area contributed by atoms with Crippen molar-refractivity contribution in [1.29, 1.82) is 0 Å². The van der Waals surface area contributed by atoms with Gasteiger partial charge in [0.15, 0.2) is 5.82 Å². The van der Waals surface area contributed by atoms with E-state index in [0.717, 1.165) is 16.7 Å². The molecule has 1 fully saturated rings. The van der Waals surface area contributed by atoms with Crippen LogP contribution >= 0.6 is 0 Å². The summed E-state index contributed by atoms with van der Waals surface area (Å²) < 4.78 is 19.4. The van der Waals surface area contributed by atoms with Crippen LogP contribution in [-0.4, -0.2) is 39.2 Å². The molecule has 3 aromatic rings. The lowest BCUT2D eigenvalue weighted by atomic mass is 9.84. The first-order chi connectivity index (χ1) is 15.5. The number of nitrogens with zero attached hydrogens (tertiary/aromatic N) is 3. The van der Waals surface area contributed by atoms with E-state index in [2.05, 4.69) is 9.97 Å². The van der Waals surface area contributed by atoms with E-state index < -0.39 is 11.7 Å². The molecule has 32 heavy (non-hydrogen) atoms. The number of aliphatic hydroxyl groups excluding tert-OH is 1. The van der Waals surface area contributed by atoms with Crippen LogP contribution in [0.3, 0.4) is 0 Å². The Bertz CT molecular complexity index is 1040. The number of carbonyl (C=O) groups excluding carboxylic acids is 1. The number of hydrogen-bond acceptors (Lipinski definition) is 5. The molecule has 0 spiro atoms. The van der Waals surface area contributed by atoms with Gasteiger partial charge in [0.1, 0.15) is 11.4 Å². The first-order valence-corrected chi connectivity index (χ1v) is 10.8. The third-order valence-electron chi connectivity index (χ3n) is 6.07. The summed E-state index contributed by atoms with van der Waals surface area (Å²) in [6, 6.07) is 15.5. The number of carbonyl (C=O) groups is 1. The lowest BCUT2D eigenvalue weighted by molar-refractivity contribution is -0.0680. The first-order valence-electron chi connectivity index (χ1n) is 10.8. The van der Waals surface area contributed by atoms with E-state index in [1.807, 2.05) is 31.2 Å². The van der Waals surface area contributed by atoms with Gasteiger partial charge in [0.05, 0.1) is 6.04 Å². The molecule has 2 heterocycles. The molecule has 0 radical (unpaired) electrons. The fourth-order valence-electron chi connectivity index (χ4n) is 4.20. The summed E-state index contributed by atoms with van der Waals surface area (Å²) in [6.07, 6.45) is 4.52. The standard InChI is InChI=1S/C25H26FN3O3/c1-18(19-4-6-20(7-5-19)23-27-14-3-15-28-23)29-16-13-25(12-2-17-30,32-24(29)31)21-8-10-22(26)11-9-21/h3-11,14-15,18,30H,2,12-13,16-17H2,1H3/t18-,25+/m0/s1. The number of amides is 1. The number of hydrogen-bond donors (Lipinski definition) is 1. The zero-order valence-corrected chi connectivity index (χ0v) is 17.9. The maximum absolute atomic E-state index is 13.4. The van der Waals surface area contributed by atoms with Crippen molar-refractivity contribution >= 4 is 6.09 Å². The molecular formula is C25H26FN3O3. The highest BCUT2D eigenvalue weighted by Gasteiger charge is 2.43. The summed E-state index contributed by atoms with van der Waals surface area (Å²) in [6.45, 7) is 2.46. The second kappa shape index (κ2) is 9.44. The lowest BCUT2D eigenvalue weighted by Gasteiger charge is -2.43. The normalized spacial score (nSPS) is 19.5. The molecule has 7 heteroatoms. The minimum Gasteiger partial charge on any atom is -0.438 e. The van der Waals surface area contributed by atoms with Gasteiger partial charge in [0.25, 0.3) is 0 Å². The van der Waals surface area contributed by atoms with Crippen molar-refractivity contribution in [2.24, 2.45) is 0 Å². The molecule has 1 aliphatic heterocycles. The van der Waals surface area contributed by atoms with Crippen molar-refractivity contribution in [3.8, 4) is 11.4 Å². The summed E-state index contributed by atoms with van der Waals surface area (Å²) in [5.74, 6) is 0.310. The van der Waals surface area contributed by atoms with Crippen molar-refractivity contribution in [2.75, 3.05) is 13.2 Å². The van der Waals surface area contributed by atoms with Crippen LogP contribution in [0.25, 0.3) is 11.4 Å². The molecule has 2 atom stereocenters. The SMILES string of the molecule is C[C@@H](c1ccc(-c2ncccn2)cc1)N1CC[C@](CCCO)(c2ccc(F)cc2)OC1=O. The molecule has 0 saturated carbocycles. The Morgan fingerprint density at radius 1 is 1.12 bits per heavy atom. The fourth-order valence-corrected chi connectivity index (χ4v) is 4.20. The quantitative estimate of drug-likeness (QED) is 0.574. The second-order valence-electron chi connectivity index (χ2n) is 8.01. The molecule has 2 aromatic carbocycles. The molecule has 166 valence electrons. The molecule has 0 unspecified atom stereocenters. The average molecular weight is 435 g/mol. The number of ether oxygens (including phenoxy) is 1. The van der Waals surface area contributed by atoms with E-state index in [0.29, 0.717) is 31.6 Å². The topological polar surface area (TPSA) is 75.6 Å². The van der Waals surface area contributed by atoms with Gasteiger partial charge < -0.3 is 14.7 Å². The number of cyclic esters (lactones) is 1. The minimum absolute atomic E-state index is 0.00190. The molecule has 0 bridgehead atoms. The van der Waals surface area contributed by atoms with Crippen LogP contribution in [0.2, 0.25) is 0 Å². The third kappa shape index (κ3) is 4.48. The molecule has 1 amide bonds. The van der Waals surface area contributed by atoms with Crippen LogP contribution in [0.5, 0.6) is 0 Å². The predicted molar refractivity (Wildman–Crippen MR) is 118 cm³/mol. The Labute approximate surface area is 186 Å². The Morgan fingerprint density at radius 3 is 2.44 bits per heavy atom. The van der Waals surface area contributed by atoms with Crippen LogP contribution in [0, 0.1) is 5.82 Å². The smallest absolute Gasteiger partial charge is 0.411 e. The summed E-state index contributed by atoms with van der Waals surface area (Å²) in [5, 5.41) is 9.34. The minimum atomic E-state index is -0.863. The Balaban J connectivity index is 1.51. The average Bonchev–Trinajstić information content (AvgIpc) is 2.83. The zero-order chi connectivity index (χ0) is 22.6. The van der Waals surface area contributed by atoms with Crippen LogP contribution in [0.15, 0.2) is 67.0 Å². The second-order valence-corrected chi connectivity index (χ2v) is 8.01. The van der Waals surface area contributed by atoms with E-state index in [1.54, 1.807) is 35.5 Å². The van der Waals surface area contributed by atoms with Crippen molar-refractivity contribution in [3.05, 3.63) is 83.9 Å². The highest BCUT2D eigenvalue weighted by Crippen LogP contribution is 2.40. The zero-order valence-electron chi connectivity index (χ0n) is 17.9. The van der Waals surface area contributed by atoms with Crippen LogP contribution < -0.4 is 0 Å². The molecule has 1 aliphatic rings. The van der Waals surface area contributed by atoms with Gasteiger partial charge >= 0.3 is 6.09 Å². The fraction of sp³-hybridized carbons (Fsp3) is 0.320. The third-order valence-corrected chi connectivity index (χ3v) is 6.07. The first kappa shape index (κ1) is 21.9. The number of aromatic nitrogens is 2. The van der Waals surface area contributed by atoms with E-state index >= 15 is 0 Å². The summed E-state index contributed by atoms with van der Waals surface area (Å²) >= 11 is 0. The summed E-state index contributed by atoms with van der Waals surface area (Å²) in [5.41, 5.74) is 1.77. The Kier molecular flexibility index (Phi) is 6.46. The van der Waals surface area contributed by atoms with Gasteiger partial charge in [-0.2, -0.15) is 0 Å². The van der Waals surface area contributed by atoms with Gasteiger partial charge in [0.2, 0.25) is 0 Å². The van der Waals surface area contributed by atoms with E-state index in [-0.39, 0.29) is 18.5 Å². The van der Waals surface area contributed by atoms with Crippen molar-refractivity contribution in [3.63, 3.8) is 0 Å². The van der Waals surface area contributed by atoms with Crippen molar-refractivity contribution in [1.82, 2.24) is 14.9 Å². The number of halogens is 1. The van der Waals surface area contributed by atoms with E-state index in [4.69, 9.17) is 4.74 Å². The molecule has 0 aliphatic carbocycles. The van der Waals surface area contributed by atoms with Crippen LogP contribution in [0.1, 0.15) is 43.4 Å². The van der Waals surface area contributed by atoms with Crippen LogP contribution in [-0.2, 0) is 10.3 Å².